The molecular formula is C17H29NO. The summed E-state index contributed by atoms with van der Waals surface area (Å²) in [4.78, 5) is 12.3. The summed E-state index contributed by atoms with van der Waals surface area (Å²) in [6.45, 7) is 13.0. The third-order valence-electron chi connectivity index (χ3n) is 4.89. The molecule has 0 heterocycles. The summed E-state index contributed by atoms with van der Waals surface area (Å²) >= 11 is 0. The quantitative estimate of drug-likeness (QED) is 0.769. The first-order valence-corrected chi connectivity index (χ1v) is 7.60. The molecule has 19 heavy (non-hydrogen) atoms. The van der Waals surface area contributed by atoms with Gasteiger partial charge in [-0.15, -0.1) is 0 Å². The Morgan fingerprint density at radius 3 is 2.74 bits per heavy atom. The zero-order valence-electron chi connectivity index (χ0n) is 13.0. The highest BCUT2D eigenvalue weighted by atomic mass is 16.1. The SMILES string of the molecule is C=C(CN)C1CC(=O)C2=CCCC(C)C2(C)C1.CC. The molecule has 1 saturated carbocycles. The lowest BCUT2D eigenvalue weighted by molar-refractivity contribution is -0.120. The Hall–Kier alpha value is -0.890. The van der Waals surface area contributed by atoms with Crippen LogP contribution in [0, 0.1) is 17.3 Å². The van der Waals surface area contributed by atoms with E-state index in [-0.39, 0.29) is 11.3 Å². The Balaban J connectivity index is 0.000000861. The molecule has 0 amide bonds. The molecule has 3 atom stereocenters. The molecule has 2 heteroatoms. The van der Waals surface area contributed by atoms with Gasteiger partial charge in [0.2, 0.25) is 0 Å². The second-order valence-electron chi connectivity index (χ2n) is 5.90. The minimum absolute atomic E-state index is 0.0519. The fourth-order valence-corrected chi connectivity index (χ4v) is 3.41. The van der Waals surface area contributed by atoms with Gasteiger partial charge in [0.05, 0.1) is 0 Å². The molecule has 108 valence electrons. The van der Waals surface area contributed by atoms with Gasteiger partial charge in [-0.3, -0.25) is 4.79 Å². The van der Waals surface area contributed by atoms with Gasteiger partial charge in [-0.25, -0.2) is 0 Å². The standard InChI is InChI=1S/C15H23NO.C2H6/c1-10(9-16)12-7-14(17)13-6-4-5-11(2)15(13,3)8-12;1-2/h6,11-12H,1,4-5,7-9,16H2,2-3H3;1-2H3. The molecule has 2 aliphatic carbocycles. The molecule has 0 saturated heterocycles. The number of rotatable bonds is 2. The number of ketones is 1. The molecule has 2 rings (SSSR count). The molecular weight excluding hydrogens is 234 g/mol. The summed E-state index contributed by atoms with van der Waals surface area (Å²) in [5.41, 5.74) is 7.84. The summed E-state index contributed by atoms with van der Waals surface area (Å²) in [6.07, 6.45) is 6.07. The lowest BCUT2D eigenvalue weighted by Gasteiger charge is -2.46. The van der Waals surface area contributed by atoms with Crippen molar-refractivity contribution in [1.82, 2.24) is 0 Å². The number of fused-ring (bicyclic) bond motifs is 1. The van der Waals surface area contributed by atoms with E-state index in [4.69, 9.17) is 5.73 Å². The number of carbonyl (C=O) groups is 1. The van der Waals surface area contributed by atoms with Gasteiger partial charge in [0.1, 0.15) is 0 Å². The predicted octanol–water partition coefficient (Wildman–Crippen LogP) is 3.87. The number of hydrogen-bond acceptors (Lipinski definition) is 2. The van der Waals surface area contributed by atoms with Crippen molar-refractivity contribution in [3.63, 3.8) is 0 Å². The number of allylic oxidation sites excluding steroid dienone is 2. The van der Waals surface area contributed by atoms with Gasteiger partial charge in [-0.05, 0) is 42.1 Å². The highest BCUT2D eigenvalue weighted by Crippen LogP contribution is 2.51. The Kier molecular flexibility index (Phi) is 5.54. The fraction of sp³-hybridized carbons (Fsp3) is 0.706. The molecule has 0 radical (unpaired) electrons. The summed E-state index contributed by atoms with van der Waals surface area (Å²) in [6, 6.07) is 0. The molecule has 2 N–H and O–H groups in total. The van der Waals surface area contributed by atoms with Gasteiger partial charge in [-0.2, -0.15) is 0 Å². The minimum Gasteiger partial charge on any atom is -0.327 e. The highest BCUT2D eigenvalue weighted by molar-refractivity contribution is 5.98. The van der Waals surface area contributed by atoms with Gasteiger partial charge in [0.25, 0.3) is 0 Å². The zero-order chi connectivity index (χ0) is 14.6. The van der Waals surface area contributed by atoms with E-state index in [1.54, 1.807) is 0 Å². The topological polar surface area (TPSA) is 43.1 Å². The first-order valence-electron chi connectivity index (χ1n) is 7.60. The van der Waals surface area contributed by atoms with Crippen molar-refractivity contribution in [2.24, 2.45) is 23.0 Å². The number of hydrogen-bond donors (Lipinski definition) is 1. The fourth-order valence-electron chi connectivity index (χ4n) is 3.41. The van der Waals surface area contributed by atoms with Crippen molar-refractivity contribution < 1.29 is 4.79 Å². The summed E-state index contributed by atoms with van der Waals surface area (Å²) in [7, 11) is 0. The zero-order valence-corrected chi connectivity index (χ0v) is 13.0. The lowest BCUT2D eigenvalue weighted by atomic mass is 9.57. The predicted molar refractivity (Wildman–Crippen MR) is 81.9 cm³/mol. The number of nitrogens with two attached hydrogens (primary N) is 1. The van der Waals surface area contributed by atoms with E-state index in [0.29, 0.717) is 24.7 Å². The molecule has 1 fully saturated rings. The molecule has 2 aliphatic rings. The Labute approximate surface area is 118 Å². The van der Waals surface area contributed by atoms with E-state index in [2.05, 4.69) is 26.5 Å². The van der Waals surface area contributed by atoms with E-state index in [0.717, 1.165) is 24.0 Å². The average molecular weight is 263 g/mol. The van der Waals surface area contributed by atoms with E-state index in [1.807, 2.05) is 13.8 Å². The van der Waals surface area contributed by atoms with Crippen LogP contribution in [0.3, 0.4) is 0 Å². The number of Topliss-reactive ketones (excluding diaryl/α,β-unsaturated/α-hetero) is 1. The van der Waals surface area contributed by atoms with Gasteiger partial charge in [0.15, 0.2) is 5.78 Å². The van der Waals surface area contributed by atoms with Crippen molar-refractivity contribution in [3.8, 4) is 0 Å². The van der Waals surface area contributed by atoms with E-state index in [1.165, 1.54) is 6.42 Å². The first-order chi connectivity index (χ1) is 8.99. The second kappa shape index (κ2) is 6.51. The highest BCUT2D eigenvalue weighted by Gasteiger charge is 2.45. The van der Waals surface area contributed by atoms with Crippen molar-refractivity contribution in [1.29, 1.82) is 0 Å². The number of carbonyl (C=O) groups excluding carboxylic acids is 1. The molecule has 3 unspecified atom stereocenters. The van der Waals surface area contributed by atoms with Crippen molar-refractivity contribution in [2.75, 3.05) is 6.54 Å². The average Bonchev–Trinajstić information content (AvgIpc) is 2.42. The summed E-state index contributed by atoms with van der Waals surface area (Å²) < 4.78 is 0. The van der Waals surface area contributed by atoms with E-state index >= 15 is 0 Å². The molecule has 0 aromatic rings. The van der Waals surface area contributed by atoms with Crippen LogP contribution in [0.25, 0.3) is 0 Å². The molecule has 0 bridgehead atoms. The van der Waals surface area contributed by atoms with Crippen LogP contribution in [0.4, 0.5) is 0 Å². The van der Waals surface area contributed by atoms with E-state index in [9.17, 15) is 4.79 Å². The van der Waals surface area contributed by atoms with Crippen LogP contribution in [-0.4, -0.2) is 12.3 Å². The largest absolute Gasteiger partial charge is 0.327 e. The summed E-state index contributed by atoms with van der Waals surface area (Å²) in [5, 5.41) is 0. The Bertz CT molecular complexity index is 383. The Morgan fingerprint density at radius 1 is 1.53 bits per heavy atom. The maximum Gasteiger partial charge on any atom is 0.159 e. The van der Waals surface area contributed by atoms with Crippen LogP contribution in [0.5, 0.6) is 0 Å². The molecule has 0 aliphatic heterocycles. The van der Waals surface area contributed by atoms with Crippen LogP contribution in [0.15, 0.2) is 23.8 Å². The van der Waals surface area contributed by atoms with Crippen molar-refractivity contribution in [2.45, 2.75) is 53.4 Å². The lowest BCUT2D eigenvalue weighted by Crippen LogP contribution is -2.41. The normalized spacial score (nSPS) is 33.7. The Morgan fingerprint density at radius 2 is 2.16 bits per heavy atom. The second-order valence-corrected chi connectivity index (χ2v) is 5.90. The van der Waals surface area contributed by atoms with Crippen molar-refractivity contribution >= 4 is 5.78 Å². The molecule has 0 aromatic heterocycles. The minimum atomic E-state index is 0.0519. The van der Waals surface area contributed by atoms with Crippen LogP contribution < -0.4 is 5.73 Å². The maximum atomic E-state index is 12.3. The summed E-state index contributed by atoms with van der Waals surface area (Å²) in [5.74, 6) is 1.19. The van der Waals surface area contributed by atoms with Crippen LogP contribution >= 0.6 is 0 Å². The van der Waals surface area contributed by atoms with Crippen LogP contribution in [0.1, 0.15) is 53.4 Å². The van der Waals surface area contributed by atoms with Gasteiger partial charge in [0, 0.05) is 13.0 Å². The molecule has 2 nitrogen and oxygen atoms in total. The van der Waals surface area contributed by atoms with Crippen LogP contribution in [-0.2, 0) is 4.79 Å². The monoisotopic (exact) mass is 263 g/mol. The van der Waals surface area contributed by atoms with Gasteiger partial charge >= 0.3 is 0 Å². The molecule has 0 aromatic carbocycles. The van der Waals surface area contributed by atoms with E-state index < -0.39 is 0 Å². The smallest absolute Gasteiger partial charge is 0.159 e. The van der Waals surface area contributed by atoms with Gasteiger partial charge in [-0.1, -0.05) is 45.9 Å². The third-order valence-corrected chi connectivity index (χ3v) is 4.89. The maximum absolute atomic E-state index is 12.3. The third kappa shape index (κ3) is 3.00. The first kappa shape index (κ1) is 16.2. The van der Waals surface area contributed by atoms with Crippen molar-refractivity contribution in [3.05, 3.63) is 23.8 Å². The van der Waals surface area contributed by atoms with Gasteiger partial charge < -0.3 is 5.73 Å². The van der Waals surface area contributed by atoms with Crippen LogP contribution in [0.2, 0.25) is 0 Å². The molecule has 0 spiro atoms.